The molecule has 3 nitrogen and oxygen atoms in total. The second-order valence-corrected chi connectivity index (χ2v) is 7.87. The van der Waals surface area contributed by atoms with Crippen molar-refractivity contribution in [2.75, 3.05) is 0 Å². The van der Waals surface area contributed by atoms with E-state index in [1.165, 1.54) is 0 Å². The SMILES string of the molecule is CCCc1cnc(-c2ccc(-c3ccc(-c4cc(F)c(O/C=C/C(F)F)c(F)c4)cc3)cc2)nc1. The molecule has 0 N–H and O–H groups in total. The van der Waals surface area contributed by atoms with Gasteiger partial charge in [0.1, 0.15) is 0 Å². The lowest BCUT2D eigenvalue weighted by atomic mass is 9.99. The summed E-state index contributed by atoms with van der Waals surface area (Å²) in [5.41, 5.74) is 4.81. The maximum absolute atomic E-state index is 14.3. The zero-order chi connectivity index (χ0) is 24.8. The van der Waals surface area contributed by atoms with E-state index in [0.29, 0.717) is 29.3 Å². The van der Waals surface area contributed by atoms with Gasteiger partial charge in [-0.1, -0.05) is 61.9 Å². The Bertz CT molecular complexity index is 1280. The van der Waals surface area contributed by atoms with E-state index in [9.17, 15) is 17.6 Å². The maximum atomic E-state index is 14.3. The van der Waals surface area contributed by atoms with Gasteiger partial charge in [0.2, 0.25) is 0 Å². The van der Waals surface area contributed by atoms with Gasteiger partial charge in [-0.2, -0.15) is 0 Å². The highest BCUT2D eigenvalue weighted by atomic mass is 19.3. The molecule has 35 heavy (non-hydrogen) atoms. The molecule has 1 heterocycles. The third-order valence-electron chi connectivity index (χ3n) is 5.35. The Morgan fingerprint density at radius 3 is 1.74 bits per heavy atom. The van der Waals surface area contributed by atoms with Crippen molar-refractivity contribution in [2.24, 2.45) is 0 Å². The first-order valence-corrected chi connectivity index (χ1v) is 11.1. The van der Waals surface area contributed by atoms with Gasteiger partial charge in [0.15, 0.2) is 23.2 Å². The summed E-state index contributed by atoms with van der Waals surface area (Å²) in [5.74, 6) is -2.04. The lowest BCUT2D eigenvalue weighted by Gasteiger charge is -2.09. The number of halogens is 4. The van der Waals surface area contributed by atoms with E-state index >= 15 is 0 Å². The van der Waals surface area contributed by atoms with Crippen LogP contribution in [0.5, 0.6) is 5.75 Å². The van der Waals surface area contributed by atoms with Gasteiger partial charge in [-0.3, -0.25) is 0 Å². The van der Waals surface area contributed by atoms with Crippen molar-refractivity contribution in [1.82, 2.24) is 9.97 Å². The van der Waals surface area contributed by atoms with Crippen molar-refractivity contribution in [1.29, 1.82) is 0 Å². The number of nitrogens with zero attached hydrogens (tertiary/aromatic N) is 2. The van der Waals surface area contributed by atoms with E-state index in [1.54, 1.807) is 12.1 Å². The zero-order valence-electron chi connectivity index (χ0n) is 18.9. The van der Waals surface area contributed by atoms with Crippen LogP contribution in [0.15, 0.2) is 85.4 Å². The van der Waals surface area contributed by atoms with Crippen LogP contribution < -0.4 is 4.74 Å². The quantitative estimate of drug-likeness (QED) is 0.191. The van der Waals surface area contributed by atoms with Gasteiger partial charge in [0.25, 0.3) is 6.43 Å². The smallest absolute Gasteiger partial charge is 0.260 e. The second-order valence-electron chi connectivity index (χ2n) is 7.87. The highest BCUT2D eigenvalue weighted by Gasteiger charge is 2.14. The standard InChI is InChI=1S/C28H22F4N2O/c1-2-3-18-16-33-28(34-17-18)22-10-8-20(9-11-22)19-4-6-21(7-5-19)23-14-24(29)27(25(30)15-23)35-13-12-26(31)32/h4-17,26H,2-3H2,1H3/b13-12+. The van der Waals surface area contributed by atoms with E-state index in [0.717, 1.165) is 47.2 Å². The summed E-state index contributed by atoms with van der Waals surface area (Å²) in [6, 6.07) is 17.2. The summed E-state index contributed by atoms with van der Waals surface area (Å²) in [7, 11) is 0. The lowest BCUT2D eigenvalue weighted by molar-refractivity contribution is 0.200. The van der Waals surface area contributed by atoms with Crippen molar-refractivity contribution < 1.29 is 22.3 Å². The molecular formula is C28H22F4N2O. The summed E-state index contributed by atoms with van der Waals surface area (Å²) in [6.45, 7) is 2.11. The number of benzene rings is 3. The molecule has 0 aliphatic carbocycles. The summed E-state index contributed by atoms with van der Waals surface area (Å²) in [6.07, 6.45) is 3.88. The topological polar surface area (TPSA) is 35.0 Å². The number of alkyl halides is 2. The minimum Gasteiger partial charge on any atom is -0.459 e. The van der Waals surface area contributed by atoms with Crippen LogP contribution in [-0.4, -0.2) is 16.4 Å². The van der Waals surface area contributed by atoms with E-state index in [1.807, 2.05) is 48.8 Å². The predicted octanol–water partition coefficient (Wildman–Crippen LogP) is 7.87. The molecule has 0 spiro atoms. The summed E-state index contributed by atoms with van der Waals surface area (Å²) in [4.78, 5) is 8.88. The fraction of sp³-hybridized carbons (Fsp3) is 0.143. The van der Waals surface area contributed by atoms with Gasteiger partial charge in [0, 0.05) is 24.0 Å². The highest BCUT2D eigenvalue weighted by molar-refractivity contribution is 5.72. The number of aryl methyl sites for hydroxylation is 1. The van der Waals surface area contributed by atoms with E-state index in [-0.39, 0.29) is 0 Å². The Kier molecular flexibility index (Phi) is 7.55. The molecule has 0 saturated heterocycles. The molecule has 0 unspecified atom stereocenters. The van der Waals surface area contributed by atoms with Crippen LogP contribution in [0.2, 0.25) is 0 Å². The van der Waals surface area contributed by atoms with Gasteiger partial charge >= 0.3 is 0 Å². The molecule has 178 valence electrons. The molecule has 1 aromatic heterocycles. The third kappa shape index (κ3) is 5.93. The molecule has 3 aromatic carbocycles. The number of allylic oxidation sites excluding steroid dienone is 1. The van der Waals surface area contributed by atoms with Crippen molar-refractivity contribution in [3.63, 3.8) is 0 Å². The number of hydrogen-bond donors (Lipinski definition) is 0. The zero-order valence-corrected chi connectivity index (χ0v) is 18.9. The number of ether oxygens (including phenoxy) is 1. The number of rotatable bonds is 8. The number of aromatic nitrogens is 2. The van der Waals surface area contributed by atoms with Gasteiger partial charge in [-0.25, -0.2) is 27.5 Å². The molecule has 0 aliphatic rings. The number of hydrogen-bond acceptors (Lipinski definition) is 3. The molecule has 0 amide bonds. The molecule has 0 fully saturated rings. The van der Waals surface area contributed by atoms with E-state index < -0.39 is 23.8 Å². The lowest BCUT2D eigenvalue weighted by Crippen LogP contribution is -1.94. The van der Waals surface area contributed by atoms with Crippen LogP contribution in [0, 0.1) is 11.6 Å². The average molecular weight is 478 g/mol. The predicted molar refractivity (Wildman–Crippen MR) is 128 cm³/mol. The average Bonchev–Trinajstić information content (AvgIpc) is 2.86. The molecule has 4 aromatic rings. The third-order valence-corrected chi connectivity index (χ3v) is 5.35. The largest absolute Gasteiger partial charge is 0.459 e. The van der Waals surface area contributed by atoms with Gasteiger partial charge in [-0.05, 0) is 46.4 Å². The van der Waals surface area contributed by atoms with Crippen LogP contribution >= 0.6 is 0 Å². The highest BCUT2D eigenvalue weighted by Crippen LogP contribution is 2.31. The van der Waals surface area contributed by atoms with Crippen LogP contribution in [0.4, 0.5) is 17.6 Å². The Morgan fingerprint density at radius 2 is 1.26 bits per heavy atom. The van der Waals surface area contributed by atoms with Crippen molar-refractivity contribution in [3.05, 3.63) is 103 Å². The first-order chi connectivity index (χ1) is 16.9. The molecule has 0 saturated carbocycles. The molecule has 0 radical (unpaired) electrons. The van der Waals surface area contributed by atoms with Gasteiger partial charge < -0.3 is 4.74 Å². The molecule has 7 heteroatoms. The second kappa shape index (κ2) is 11.0. The molecular weight excluding hydrogens is 456 g/mol. The minimum atomic E-state index is -2.78. The summed E-state index contributed by atoms with van der Waals surface area (Å²) >= 11 is 0. The fourth-order valence-electron chi connectivity index (χ4n) is 3.59. The van der Waals surface area contributed by atoms with Gasteiger partial charge in [0.05, 0.1) is 6.26 Å². The Hall–Kier alpha value is -4.00. The molecule has 0 atom stereocenters. The first kappa shape index (κ1) is 24.1. The maximum Gasteiger partial charge on any atom is 0.260 e. The molecule has 0 bridgehead atoms. The Morgan fingerprint density at radius 1 is 0.771 bits per heavy atom. The Balaban J connectivity index is 1.50. The minimum absolute atomic E-state index is 0.302. The molecule has 0 aliphatic heterocycles. The van der Waals surface area contributed by atoms with Gasteiger partial charge in [-0.15, -0.1) is 0 Å². The summed E-state index contributed by atoms with van der Waals surface area (Å²) < 4.78 is 57.6. The van der Waals surface area contributed by atoms with Crippen molar-refractivity contribution >= 4 is 0 Å². The van der Waals surface area contributed by atoms with E-state index in [2.05, 4.69) is 21.6 Å². The van der Waals surface area contributed by atoms with Crippen LogP contribution in [0.25, 0.3) is 33.6 Å². The monoisotopic (exact) mass is 478 g/mol. The van der Waals surface area contributed by atoms with Crippen LogP contribution in [0.1, 0.15) is 18.9 Å². The van der Waals surface area contributed by atoms with Crippen LogP contribution in [-0.2, 0) is 6.42 Å². The van der Waals surface area contributed by atoms with E-state index in [4.69, 9.17) is 0 Å². The first-order valence-electron chi connectivity index (χ1n) is 11.1. The van der Waals surface area contributed by atoms with Crippen molar-refractivity contribution in [2.45, 2.75) is 26.2 Å². The Labute approximate surface area is 200 Å². The normalized spacial score (nSPS) is 11.4. The summed E-state index contributed by atoms with van der Waals surface area (Å²) in [5, 5.41) is 0. The van der Waals surface area contributed by atoms with Crippen LogP contribution in [0.3, 0.4) is 0 Å². The van der Waals surface area contributed by atoms with Crippen molar-refractivity contribution in [3.8, 4) is 39.4 Å². The fourth-order valence-corrected chi connectivity index (χ4v) is 3.59. The molecule has 4 rings (SSSR count).